The maximum Gasteiger partial charge on any atom is 0.170 e. The van der Waals surface area contributed by atoms with E-state index in [1.807, 2.05) is 13.8 Å². The van der Waals surface area contributed by atoms with Gasteiger partial charge in [-0.15, -0.1) is 0 Å². The number of nitrogens with zero attached hydrogens (tertiary/aromatic N) is 1. The Labute approximate surface area is 115 Å². The summed E-state index contributed by atoms with van der Waals surface area (Å²) in [7, 11) is 2.10. The molecule has 1 aliphatic rings. The fourth-order valence-electron chi connectivity index (χ4n) is 2.09. The van der Waals surface area contributed by atoms with Gasteiger partial charge in [0.25, 0.3) is 0 Å². The molecule has 2 rings (SSSR count). The van der Waals surface area contributed by atoms with Gasteiger partial charge in [-0.2, -0.15) is 0 Å². The second kappa shape index (κ2) is 6.64. The number of likely N-dealkylation sites (N-methyl/N-ethyl adjacent to an activating group) is 1. The average Bonchev–Trinajstić information content (AvgIpc) is 2.31. The summed E-state index contributed by atoms with van der Waals surface area (Å²) in [4.78, 5) is 0. The lowest BCUT2D eigenvalue weighted by molar-refractivity contribution is -0.493. The summed E-state index contributed by atoms with van der Waals surface area (Å²) in [6, 6.07) is 4.20. The smallest absolute Gasteiger partial charge is 0.170 e. The van der Waals surface area contributed by atoms with Crippen molar-refractivity contribution in [3.05, 3.63) is 23.3 Å². The molecule has 0 aromatic heterocycles. The zero-order valence-electron chi connectivity index (χ0n) is 11.2. The largest absolute Gasteiger partial charge is 1.00 e. The van der Waals surface area contributed by atoms with E-state index >= 15 is 0 Å². The molecule has 4 heteroatoms. The normalized spacial score (nSPS) is 13.2. The summed E-state index contributed by atoms with van der Waals surface area (Å²) in [5.74, 6) is 1.71. The highest BCUT2D eigenvalue weighted by atomic mass is 35.5. The summed E-state index contributed by atoms with van der Waals surface area (Å²) in [5.41, 5.74) is 2.58. The zero-order chi connectivity index (χ0) is 12.3. The Balaban J connectivity index is 0.00000162. The van der Waals surface area contributed by atoms with Gasteiger partial charge in [-0.25, -0.2) is 4.58 Å². The molecule has 0 atom stereocenters. The van der Waals surface area contributed by atoms with Crippen LogP contribution in [0.4, 0.5) is 0 Å². The summed E-state index contributed by atoms with van der Waals surface area (Å²) in [5, 5.41) is 0. The molecule has 1 aliphatic heterocycles. The summed E-state index contributed by atoms with van der Waals surface area (Å²) < 4.78 is 13.5. The van der Waals surface area contributed by atoms with Crippen LogP contribution in [0.2, 0.25) is 0 Å². The Morgan fingerprint density at radius 3 is 2.33 bits per heavy atom. The van der Waals surface area contributed by atoms with Gasteiger partial charge in [0, 0.05) is 12.0 Å². The van der Waals surface area contributed by atoms with Crippen molar-refractivity contribution in [1.29, 1.82) is 0 Å². The second-order valence-electron chi connectivity index (χ2n) is 4.22. The van der Waals surface area contributed by atoms with E-state index < -0.39 is 0 Å². The Kier molecular flexibility index (Phi) is 5.48. The highest BCUT2D eigenvalue weighted by Crippen LogP contribution is 2.31. The number of hydrogen-bond acceptors (Lipinski definition) is 2. The van der Waals surface area contributed by atoms with Crippen LogP contribution >= 0.6 is 0 Å². The Morgan fingerprint density at radius 2 is 1.72 bits per heavy atom. The van der Waals surface area contributed by atoms with Crippen molar-refractivity contribution in [2.45, 2.75) is 20.3 Å². The van der Waals surface area contributed by atoms with Crippen molar-refractivity contribution in [1.82, 2.24) is 0 Å². The SMILES string of the molecule is CCOc1cc2c(cc1OCC)CC[N+](C)=C2.[Cl-]. The fraction of sp³-hybridized carbons (Fsp3) is 0.500. The van der Waals surface area contributed by atoms with Gasteiger partial charge in [0.1, 0.15) is 13.6 Å². The molecular weight excluding hydrogens is 250 g/mol. The van der Waals surface area contributed by atoms with Crippen LogP contribution in [-0.4, -0.2) is 37.6 Å². The van der Waals surface area contributed by atoms with Crippen LogP contribution in [0.25, 0.3) is 0 Å². The molecule has 18 heavy (non-hydrogen) atoms. The van der Waals surface area contributed by atoms with E-state index in [-0.39, 0.29) is 12.4 Å². The average molecular weight is 270 g/mol. The quantitative estimate of drug-likeness (QED) is 0.661. The molecule has 1 heterocycles. The minimum atomic E-state index is 0. The third-order valence-corrected chi connectivity index (χ3v) is 2.90. The monoisotopic (exact) mass is 269 g/mol. The molecule has 0 fully saturated rings. The number of fused-ring (bicyclic) bond motifs is 1. The molecular formula is C14H20ClNO2. The van der Waals surface area contributed by atoms with E-state index in [2.05, 4.69) is 30.0 Å². The van der Waals surface area contributed by atoms with Crippen molar-refractivity contribution in [3.63, 3.8) is 0 Å². The molecule has 0 radical (unpaired) electrons. The minimum Gasteiger partial charge on any atom is -1.00 e. The molecule has 100 valence electrons. The number of ether oxygens (including phenoxy) is 2. The van der Waals surface area contributed by atoms with Crippen LogP contribution in [0.15, 0.2) is 12.1 Å². The minimum absolute atomic E-state index is 0. The van der Waals surface area contributed by atoms with Crippen LogP contribution < -0.4 is 21.9 Å². The van der Waals surface area contributed by atoms with Gasteiger partial charge in [-0.1, -0.05) is 0 Å². The van der Waals surface area contributed by atoms with Gasteiger partial charge < -0.3 is 21.9 Å². The lowest BCUT2D eigenvalue weighted by Gasteiger charge is -2.16. The van der Waals surface area contributed by atoms with Gasteiger partial charge in [-0.3, -0.25) is 0 Å². The topological polar surface area (TPSA) is 21.5 Å². The molecule has 0 unspecified atom stereocenters. The number of rotatable bonds is 4. The number of benzene rings is 1. The van der Waals surface area contributed by atoms with Crippen LogP contribution in [0.3, 0.4) is 0 Å². The van der Waals surface area contributed by atoms with Crippen LogP contribution in [0.1, 0.15) is 25.0 Å². The van der Waals surface area contributed by atoms with E-state index in [9.17, 15) is 0 Å². The van der Waals surface area contributed by atoms with Crippen molar-refractivity contribution in [2.24, 2.45) is 0 Å². The third kappa shape index (κ3) is 3.16. The van der Waals surface area contributed by atoms with Crippen LogP contribution in [-0.2, 0) is 6.42 Å². The molecule has 0 saturated carbocycles. The predicted molar refractivity (Wildman–Crippen MR) is 68.7 cm³/mol. The summed E-state index contributed by atoms with van der Waals surface area (Å²) in [6.45, 7) is 6.38. The van der Waals surface area contributed by atoms with E-state index in [0.717, 1.165) is 24.5 Å². The van der Waals surface area contributed by atoms with Crippen molar-refractivity contribution < 1.29 is 26.5 Å². The lowest BCUT2D eigenvalue weighted by atomic mass is 10.0. The van der Waals surface area contributed by atoms with Gasteiger partial charge in [0.15, 0.2) is 17.7 Å². The van der Waals surface area contributed by atoms with Crippen LogP contribution in [0.5, 0.6) is 11.5 Å². The molecule has 0 saturated heterocycles. The first kappa shape index (κ1) is 14.8. The third-order valence-electron chi connectivity index (χ3n) is 2.90. The molecule has 0 amide bonds. The molecule has 3 nitrogen and oxygen atoms in total. The maximum absolute atomic E-state index is 5.63. The molecule has 0 spiro atoms. The second-order valence-corrected chi connectivity index (χ2v) is 4.22. The van der Waals surface area contributed by atoms with E-state index in [1.54, 1.807) is 0 Å². The van der Waals surface area contributed by atoms with E-state index in [4.69, 9.17) is 9.47 Å². The van der Waals surface area contributed by atoms with Crippen LogP contribution in [0, 0.1) is 0 Å². The lowest BCUT2D eigenvalue weighted by Crippen LogP contribution is -3.00. The number of halogens is 1. The highest BCUT2D eigenvalue weighted by Gasteiger charge is 2.17. The highest BCUT2D eigenvalue weighted by molar-refractivity contribution is 5.80. The standard InChI is InChI=1S/C14H20NO2.ClH/c1-4-16-13-8-11-6-7-15(3)10-12(11)9-14(13)17-5-2;/h8-10H,4-7H2,1-3H3;1H/q+1;/p-1. The van der Waals surface area contributed by atoms with Gasteiger partial charge in [0.05, 0.1) is 13.2 Å². The summed E-state index contributed by atoms with van der Waals surface area (Å²) in [6.07, 6.45) is 3.23. The van der Waals surface area contributed by atoms with Gasteiger partial charge >= 0.3 is 0 Å². The Hall–Kier alpha value is -1.22. The molecule has 0 bridgehead atoms. The first-order valence-corrected chi connectivity index (χ1v) is 6.22. The van der Waals surface area contributed by atoms with E-state index in [0.29, 0.717) is 13.2 Å². The van der Waals surface area contributed by atoms with Crippen molar-refractivity contribution >= 4 is 6.21 Å². The molecule has 0 N–H and O–H groups in total. The number of hydrogen-bond donors (Lipinski definition) is 0. The van der Waals surface area contributed by atoms with E-state index in [1.165, 1.54) is 11.1 Å². The van der Waals surface area contributed by atoms with Gasteiger partial charge in [0.2, 0.25) is 0 Å². The Morgan fingerprint density at radius 1 is 1.11 bits per heavy atom. The summed E-state index contributed by atoms with van der Waals surface area (Å²) >= 11 is 0. The first-order valence-electron chi connectivity index (χ1n) is 6.22. The van der Waals surface area contributed by atoms with Crippen molar-refractivity contribution in [2.75, 3.05) is 26.8 Å². The molecule has 1 aromatic carbocycles. The van der Waals surface area contributed by atoms with Crippen molar-refractivity contribution in [3.8, 4) is 11.5 Å². The Bertz CT molecular complexity index is 444. The molecule has 0 aliphatic carbocycles. The fourth-order valence-corrected chi connectivity index (χ4v) is 2.09. The maximum atomic E-state index is 5.63. The van der Waals surface area contributed by atoms with Gasteiger partial charge in [-0.05, 0) is 31.5 Å². The zero-order valence-corrected chi connectivity index (χ0v) is 12.0. The first-order chi connectivity index (χ1) is 8.24. The predicted octanol–water partition coefficient (Wildman–Crippen LogP) is -0.895. The molecule has 1 aromatic rings.